The first-order chi connectivity index (χ1) is 14.8. The van der Waals surface area contributed by atoms with Crippen molar-refractivity contribution >= 4 is 15.7 Å². The highest BCUT2D eigenvalue weighted by Gasteiger charge is 2.25. The number of nitrogens with one attached hydrogen (secondary N) is 2. The van der Waals surface area contributed by atoms with Gasteiger partial charge in [-0.15, -0.1) is 0 Å². The molecule has 0 spiro atoms. The standard InChI is InChI=1S/C20H12F4N4O2S/c21-12-1-2-14(22)17(9-12)31(29,30)28-16-4-3-15(23)18(19(16)24)20-13(10-26-27-20)11-5-7-25-8-6-11/h1-10,28H,(H,26,27). The zero-order valence-electron chi connectivity index (χ0n) is 15.4. The summed E-state index contributed by atoms with van der Waals surface area (Å²) in [5, 5.41) is 6.32. The van der Waals surface area contributed by atoms with Crippen molar-refractivity contribution in [2.45, 2.75) is 4.90 Å². The molecule has 11 heteroatoms. The molecule has 0 atom stereocenters. The summed E-state index contributed by atoms with van der Waals surface area (Å²) < 4.78 is 83.9. The van der Waals surface area contributed by atoms with Gasteiger partial charge in [0.1, 0.15) is 22.3 Å². The molecule has 158 valence electrons. The molecule has 0 fully saturated rings. The van der Waals surface area contributed by atoms with Gasteiger partial charge in [0.15, 0.2) is 5.82 Å². The molecule has 31 heavy (non-hydrogen) atoms. The minimum Gasteiger partial charge on any atom is -0.277 e. The Bertz CT molecular complexity index is 1380. The predicted molar refractivity (Wildman–Crippen MR) is 104 cm³/mol. The molecule has 0 amide bonds. The fourth-order valence-corrected chi connectivity index (χ4v) is 4.12. The number of sulfonamides is 1. The van der Waals surface area contributed by atoms with Crippen LogP contribution in [0.25, 0.3) is 22.4 Å². The molecule has 2 aromatic carbocycles. The van der Waals surface area contributed by atoms with Gasteiger partial charge >= 0.3 is 0 Å². The topological polar surface area (TPSA) is 87.7 Å². The molecule has 6 nitrogen and oxygen atoms in total. The van der Waals surface area contributed by atoms with Crippen LogP contribution < -0.4 is 4.72 Å². The molecular weight excluding hydrogens is 436 g/mol. The van der Waals surface area contributed by atoms with Crippen molar-refractivity contribution in [1.29, 1.82) is 0 Å². The molecule has 0 aliphatic rings. The van der Waals surface area contributed by atoms with Crippen molar-refractivity contribution in [2.24, 2.45) is 0 Å². The lowest BCUT2D eigenvalue weighted by atomic mass is 10.0. The third kappa shape index (κ3) is 3.87. The van der Waals surface area contributed by atoms with E-state index in [9.17, 15) is 21.6 Å². The molecule has 0 bridgehead atoms. The van der Waals surface area contributed by atoms with Gasteiger partial charge in [-0.05, 0) is 48.0 Å². The summed E-state index contributed by atoms with van der Waals surface area (Å²) in [4.78, 5) is 2.86. The fraction of sp³-hybridized carbons (Fsp3) is 0. The molecular formula is C20H12F4N4O2S. The quantitative estimate of drug-likeness (QED) is 0.440. The number of benzene rings is 2. The zero-order valence-corrected chi connectivity index (χ0v) is 16.2. The van der Waals surface area contributed by atoms with Crippen LogP contribution in [0.5, 0.6) is 0 Å². The first kappa shape index (κ1) is 20.5. The summed E-state index contributed by atoms with van der Waals surface area (Å²) in [5.41, 5.74) is -0.375. The molecule has 0 unspecified atom stereocenters. The van der Waals surface area contributed by atoms with E-state index in [0.29, 0.717) is 23.3 Å². The number of nitrogens with zero attached hydrogens (tertiary/aromatic N) is 2. The Balaban J connectivity index is 1.80. The lowest BCUT2D eigenvalue weighted by Crippen LogP contribution is -2.16. The smallest absolute Gasteiger partial charge is 0.265 e. The summed E-state index contributed by atoms with van der Waals surface area (Å²) >= 11 is 0. The molecule has 2 aromatic heterocycles. The Labute approximate surface area is 173 Å². The monoisotopic (exact) mass is 448 g/mol. The number of halogens is 4. The first-order valence-corrected chi connectivity index (χ1v) is 10.2. The van der Waals surface area contributed by atoms with Crippen molar-refractivity contribution in [1.82, 2.24) is 15.2 Å². The minimum absolute atomic E-state index is 0.0424. The second kappa shape index (κ2) is 7.84. The summed E-state index contributed by atoms with van der Waals surface area (Å²) in [7, 11) is -4.71. The number of aromatic amines is 1. The maximum Gasteiger partial charge on any atom is 0.265 e. The number of hydrogen-bond donors (Lipinski definition) is 2. The lowest BCUT2D eigenvalue weighted by Gasteiger charge is -2.13. The number of aromatic nitrogens is 3. The van der Waals surface area contributed by atoms with E-state index in [1.807, 2.05) is 4.72 Å². The highest BCUT2D eigenvalue weighted by atomic mass is 32.2. The third-order valence-electron chi connectivity index (χ3n) is 4.40. The summed E-state index contributed by atoms with van der Waals surface area (Å²) in [6.07, 6.45) is 4.32. The van der Waals surface area contributed by atoms with Crippen molar-refractivity contribution in [3.8, 4) is 22.4 Å². The van der Waals surface area contributed by atoms with Gasteiger partial charge in [0.05, 0.1) is 23.1 Å². The van der Waals surface area contributed by atoms with E-state index >= 15 is 4.39 Å². The highest BCUT2D eigenvalue weighted by Crippen LogP contribution is 2.36. The van der Waals surface area contributed by atoms with Crippen LogP contribution in [-0.4, -0.2) is 23.6 Å². The highest BCUT2D eigenvalue weighted by molar-refractivity contribution is 7.92. The van der Waals surface area contributed by atoms with Crippen LogP contribution in [0.2, 0.25) is 0 Å². The molecule has 0 aliphatic heterocycles. The van der Waals surface area contributed by atoms with E-state index in [2.05, 4.69) is 15.2 Å². The van der Waals surface area contributed by atoms with Crippen LogP contribution in [0.3, 0.4) is 0 Å². The molecule has 0 saturated heterocycles. The maximum absolute atomic E-state index is 15.2. The Kier molecular flexibility index (Phi) is 5.19. The molecule has 4 rings (SSSR count). The third-order valence-corrected chi connectivity index (χ3v) is 5.78. The second-order valence-corrected chi connectivity index (χ2v) is 8.01. The number of rotatable bonds is 5. The van der Waals surface area contributed by atoms with Crippen LogP contribution >= 0.6 is 0 Å². The number of hydrogen-bond acceptors (Lipinski definition) is 4. The van der Waals surface area contributed by atoms with E-state index < -0.39 is 49.4 Å². The van der Waals surface area contributed by atoms with E-state index in [1.54, 1.807) is 12.1 Å². The lowest BCUT2D eigenvalue weighted by molar-refractivity contribution is 0.554. The van der Waals surface area contributed by atoms with Gasteiger partial charge in [-0.25, -0.2) is 26.0 Å². The fourth-order valence-electron chi connectivity index (χ4n) is 2.97. The van der Waals surface area contributed by atoms with Crippen LogP contribution in [0, 0.1) is 23.3 Å². The van der Waals surface area contributed by atoms with E-state index in [4.69, 9.17) is 0 Å². The Morgan fingerprint density at radius 1 is 0.903 bits per heavy atom. The average Bonchev–Trinajstić information content (AvgIpc) is 3.22. The summed E-state index contributed by atoms with van der Waals surface area (Å²) in [6, 6.07) is 6.70. The van der Waals surface area contributed by atoms with Gasteiger partial charge in [0.2, 0.25) is 0 Å². The van der Waals surface area contributed by atoms with Crippen LogP contribution in [0.1, 0.15) is 0 Å². The Morgan fingerprint density at radius 2 is 1.61 bits per heavy atom. The molecule has 2 heterocycles. The van der Waals surface area contributed by atoms with Gasteiger partial charge in [0, 0.05) is 18.0 Å². The zero-order chi connectivity index (χ0) is 22.2. The predicted octanol–water partition coefficient (Wildman–Crippen LogP) is 4.50. The van der Waals surface area contributed by atoms with E-state index in [0.717, 1.165) is 18.2 Å². The largest absolute Gasteiger partial charge is 0.277 e. The second-order valence-electron chi connectivity index (χ2n) is 6.36. The molecule has 4 aromatic rings. The van der Waals surface area contributed by atoms with Gasteiger partial charge in [0.25, 0.3) is 10.0 Å². The van der Waals surface area contributed by atoms with Crippen molar-refractivity contribution in [3.63, 3.8) is 0 Å². The minimum atomic E-state index is -4.71. The van der Waals surface area contributed by atoms with Gasteiger partial charge in [-0.2, -0.15) is 5.10 Å². The number of H-pyrrole nitrogens is 1. The van der Waals surface area contributed by atoms with Crippen LogP contribution in [0.4, 0.5) is 23.2 Å². The van der Waals surface area contributed by atoms with Gasteiger partial charge in [-0.3, -0.25) is 14.8 Å². The van der Waals surface area contributed by atoms with Crippen molar-refractivity contribution in [3.05, 3.63) is 84.3 Å². The van der Waals surface area contributed by atoms with Gasteiger partial charge in [-0.1, -0.05) is 0 Å². The molecule has 0 aliphatic carbocycles. The Hall–Kier alpha value is -3.73. The maximum atomic E-state index is 15.2. The number of pyridine rings is 1. The van der Waals surface area contributed by atoms with Crippen LogP contribution in [-0.2, 0) is 10.0 Å². The van der Waals surface area contributed by atoms with E-state index in [-0.39, 0.29) is 5.69 Å². The molecule has 0 saturated carbocycles. The van der Waals surface area contributed by atoms with Crippen molar-refractivity contribution < 1.29 is 26.0 Å². The van der Waals surface area contributed by atoms with Crippen LogP contribution in [0.15, 0.2) is 66.0 Å². The SMILES string of the molecule is O=S(=O)(Nc1ccc(F)c(-c2[nH]ncc2-c2ccncc2)c1F)c1cc(F)ccc1F. The first-order valence-electron chi connectivity index (χ1n) is 8.68. The number of anilines is 1. The summed E-state index contributed by atoms with van der Waals surface area (Å²) in [5.74, 6) is -4.48. The normalized spacial score (nSPS) is 11.5. The summed E-state index contributed by atoms with van der Waals surface area (Å²) in [6.45, 7) is 0. The average molecular weight is 448 g/mol. The van der Waals surface area contributed by atoms with Crippen molar-refractivity contribution in [2.75, 3.05) is 4.72 Å². The Morgan fingerprint density at radius 3 is 2.35 bits per heavy atom. The van der Waals surface area contributed by atoms with Gasteiger partial charge < -0.3 is 0 Å². The molecule has 2 N–H and O–H groups in total. The molecule has 0 radical (unpaired) electrons. The van der Waals surface area contributed by atoms with E-state index in [1.165, 1.54) is 18.6 Å².